The summed E-state index contributed by atoms with van der Waals surface area (Å²) in [7, 11) is 0. The molecule has 2 saturated carbocycles. The van der Waals surface area contributed by atoms with Crippen molar-refractivity contribution in [1.82, 2.24) is 0 Å². The Morgan fingerprint density at radius 2 is 1.82 bits per heavy atom. The molecular formula is C16H20O6. The molecule has 3 rings (SSSR count). The van der Waals surface area contributed by atoms with Crippen LogP contribution >= 0.6 is 0 Å². The zero-order valence-corrected chi connectivity index (χ0v) is 12.7. The molecule has 120 valence electrons. The zero-order chi connectivity index (χ0) is 16.1. The van der Waals surface area contributed by atoms with Gasteiger partial charge in [-0.15, -0.1) is 0 Å². The molecule has 0 aliphatic heterocycles. The molecule has 0 amide bonds. The first-order valence-corrected chi connectivity index (χ1v) is 7.70. The van der Waals surface area contributed by atoms with Gasteiger partial charge >= 0.3 is 17.9 Å². The monoisotopic (exact) mass is 308 g/mol. The van der Waals surface area contributed by atoms with Crippen molar-refractivity contribution in [3.63, 3.8) is 0 Å². The lowest BCUT2D eigenvalue weighted by Crippen LogP contribution is -2.37. The number of carboxylic acids is 1. The number of carbonyl (C=O) groups is 3. The molecule has 1 N–H and O–H groups in total. The van der Waals surface area contributed by atoms with E-state index in [0.29, 0.717) is 0 Å². The summed E-state index contributed by atoms with van der Waals surface area (Å²) in [6.45, 7) is 3.32. The fraction of sp³-hybridized carbons (Fsp3) is 0.688. The molecule has 0 heterocycles. The van der Waals surface area contributed by atoms with Crippen LogP contribution in [0, 0.1) is 29.1 Å². The topological polar surface area (TPSA) is 89.9 Å². The summed E-state index contributed by atoms with van der Waals surface area (Å²) >= 11 is 0. The molecule has 0 saturated heterocycles. The van der Waals surface area contributed by atoms with Crippen LogP contribution in [0.25, 0.3) is 0 Å². The van der Waals surface area contributed by atoms with Crippen molar-refractivity contribution in [2.24, 2.45) is 29.1 Å². The maximum absolute atomic E-state index is 12.5. The van der Waals surface area contributed by atoms with Crippen LogP contribution < -0.4 is 0 Å². The van der Waals surface area contributed by atoms with E-state index in [4.69, 9.17) is 9.47 Å². The van der Waals surface area contributed by atoms with E-state index in [1.54, 1.807) is 6.92 Å². The summed E-state index contributed by atoms with van der Waals surface area (Å²) in [5.41, 5.74) is -0.0556. The lowest BCUT2D eigenvalue weighted by atomic mass is 9.83. The number of carbonyl (C=O) groups excluding carboxylic acids is 2. The van der Waals surface area contributed by atoms with Crippen molar-refractivity contribution in [2.45, 2.75) is 32.8 Å². The summed E-state index contributed by atoms with van der Waals surface area (Å²) in [5, 5.41) is 9.51. The van der Waals surface area contributed by atoms with Gasteiger partial charge in [0.15, 0.2) is 6.10 Å². The molecule has 0 aromatic rings. The predicted molar refractivity (Wildman–Crippen MR) is 74.6 cm³/mol. The smallest absolute Gasteiger partial charge is 0.347 e. The average Bonchev–Trinajstić information content (AvgIpc) is 3.12. The highest BCUT2D eigenvalue weighted by molar-refractivity contribution is 5.86. The lowest BCUT2D eigenvalue weighted by molar-refractivity contribution is -0.172. The number of hydrogen-bond acceptors (Lipinski definition) is 5. The van der Waals surface area contributed by atoms with E-state index in [9.17, 15) is 19.5 Å². The SMILES string of the molecule is CCOC(=O)[C@H](C)OC(=O)C1C(C(=O)O)C2C=CC1C21CC1. The molecule has 3 aliphatic rings. The molecule has 4 unspecified atom stereocenters. The Balaban J connectivity index is 1.76. The quantitative estimate of drug-likeness (QED) is 0.610. The normalized spacial score (nSPS) is 34.5. The van der Waals surface area contributed by atoms with Gasteiger partial charge in [-0.2, -0.15) is 0 Å². The Labute approximate surface area is 128 Å². The van der Waals surface area contributed by atoms with E-state index < -0.39 is 35.8 Å². The summed E-state index contributed by atoms with van der Waals surface area (Å²) in [4.78, 5) is 35.6. The molecule has 3 aliphatic carbocycles. The fourth-order valence-corrected chi connectivity index (χ4v) is 4.22. The highest BCUT2D eigenvalue weighted by Gasteiger charge is 2.70. The molecular weight excluding hydrogens is 288 g/mol. The van der Waals surface area contributed by atoms with Gasteiger partial charge in [-0.05, 0) is 43.9 Å². The van der Waals surface area contributed by atoms with E-state index in [0.717, 1.165) is 12.8 Å². The minimum absolute atomic E-state index is 0.0556. The van der Waals surface area contributed by atoms with Gasteiger partial charge in [0.25, 0.3) is 0 Å². The van der Waals surface area contributed by atoms with Crippen molar-refractivity contribution >= 4 is 17.9 Å². The number of allylic oxidation sites excluding steroid dienone is 2. The predicted octanol–water partition coefficient (Wildman–Crippen LogP) is 1.39. The maximum atomic E-state index is 12.5. The first-order valence-electron chi connectivity index (χ1n) is 7.70. The van der Waals surface area contributed by atoms with Gasteiger partial charge < -0.3 is 14.6 Å². The van der Waals surface area contributed by atoms with Gasteiger partial charge in [0, 0.05) is 0 Å². The van der Waals surface area contributed by atoms with Crippen LogP contribution in [-0.2, 0) is 23.9 Å². The Morgan fingerprint density at radius 3 is 2.32 bits per heavy atom. The lowest BCUT2D eigenvalue weighted by Gasteiger charge is -2.24. The van der Waals surface area contributed by atoms with Crippen molar-refractivity contribution in [3.05, 3.63) is 12.2 Å². The summed E-state index contributed by atoms with van der Waals surface area (Å²) in [5.74, 6) is -3.80. The molecule has 5 atom stereocenters. The molecule has 0 radical (unpaired) electrons. The van der Waals surface area contributed by atoms with Gasteiger partial charge in [0.05, 0.1) is 18.4 Å². The van der Waals surface area contributed by atoms with Crippen molar-refractivity contribution in [1.29, 1.82) is 0 Å². The molecule has 6 heteroatoms. The van der Waals surface area contributed by atoms with Crippen LogP contribution in [-0.4, -0.2) is 35.7 Å². The summed E-state index contributed by atoms with van der Waals surface area (Å²) < 4.78 is 10.0. The van der Waals surface area contributed by atoms with Crippen LogP contribution in [0.1, 0.15) is 26.7 Å². The first-order chi connectivity index (χ1) is 10.4. The maximum Gasteiger partial charge on any atom is 0.347 e. The zero-order valence-electron chi connectivity index (χ0n) is 12.7. The Bertz CT molecular complexity index is 547. The standard InChI is InChI=1S/C16H20O6/c1-3-21-14(19)8(2)22-15(20)12-10-5-4-9(11(12)13(17)18)16(10)6-7-16/h4-5,8-12H,3,6-7H2,1-2H3,(H,17,18)/t8-,9?,10?,11?,12?/m0/s1. The second-order valence-corrected chi connectivity index (χ2v) is 6.39. The average molecular weight is 308 g/mol. The Morgan fingerprint density at radius 1 is 1.23 bits per heavy atom. The number of carboxylic acid groups (broad SMARTS) is 1. The van der Waals surface area contributed by atoms with Crippen LogP contribution in [0.3, 0.4) is 0 Å². The summed E-state index contributed by atoms with van der Waals surface area (Å²) in [6.07, 6.45) is 4.79. The third kappa shape index (κ3) is 2.04. The van der Waals surface area contributed by atoms with Gasteiger partial charge in [-0.25, -0.2) is 4.79 Å². The molecule has 2 bridgehead atoms. The van der Waals surface area contributed by atoms with Crippen LogP contribution in [0.5, 0.6) is 0 Å². The largest absolute Gasteiger partial charge is 0.481 e. The Hall–Kier alpha value is -1.85. The van der Waals surface area contributed by atoms with Crippen molar-refractivity contribution in [2.75, 3.05) is 6.61 Å². The first kappa shape index (κ1) is 15.1. The third-order valence-electron chi connectivity index (χ3n) is 5.31. The van der Waals surface area contributed by atoms with E-state index >= 15 is 0 Å². The number of rotatable bonds is 5. The van der Waals surface area contributed by atoms with Crippen molar-refractivity contribution in [3.8, 4) is 0 Å². The highest BCUT2D eigenvalue weighted by atomic mass is 16.6. The highest BCUT2D eigenvalue weighted by Crippen LogP contribution is 2.72. The number of esters is 2. The Kier molecular flexibility index (Phi) is 3.50. The van der Waals surface area contributed by atoms with Crippen LogP contribution in [0.15, 0.2) is 12.2 Å². The van der Waals surface area contributed by atoms with Gasteiger partial charge in [-0.3, -0.25) is 9.59 Å². The molecule has 2 fully saturated rings. The molecule has 0 aromatic heterocycles. The molecule has 6 nitrogen and oxygen atoms in total. The van der Waals surface area contributed by atoms with Crippen LogP contribution in [0.4, 0.5) is 0 Å². The van der Waals surface area contributed by atoms with Crippen molar-refractivity contribution < 1.29 is 29.0 Å². The van der Waals surface area contributed by atoms with Crippen LogP contribution in [0.2, 0.25) is 0 Å². The fourth-order valence-electron chi connectivity index (χ4n) is 4.22. The minimum Gasteiger partial charge on any atom is -0.481 e. The third-order valence-corrected chi connectivity index (χ3v) is 5.31. The van der Waals surface area contributed by atoms with E-state index in [2.05, 4.69) is 0 Å². The number of aliphatic carboxylic acids is 1. The molecule has 1 spiro atoms. The number of hydrogen-bond donors (Lipinski definition) is 1. The second-order valence-electron chi connectivity index (χ2n) is 6.39. The van der Waals surface area contributed by atoms with E-state index in [1.165, 1.54) is 6.92 Å². The van der Waals surface area contributed by atoms with E-state index in [1.807, 2.05) is 12.2 Å². The van der Waals surface area contributed by atoms with E-state index in [-0.39, 0.29) is 23.9 Å². The summed E-state index contributed by atoms with van der Waals surface area (Å²) in [6, 6.07) is 0. The minimum atomic E-state index is -1.01. The molecule has 22 heavy (non-hydrogen) atoms. The van der Waals surface area contributed by atoms with Gasteiger partial charge in [0.1, 0.15) is 0 Å². The number of ether oxygens (including phenoxy) is 2. The second kappa shape index (κ2) is 5.11. The molecule has 0 aromatic carbocycles. The van der Waals surface area contributed by atoms with Gasteiger partial charge in [0.2, 0.25) is 0 Å². The van der Waals surface area contributed by atoms with Gasteiger partial charge in [-0.1, -0.05) is 12.2 Å².